The molecule has 6 heteroatoms. The zero-order chi connectivity index (χ0) is 14.5. The van der Waals surface area contributed by atoms with Gasteiger partial charge in [0, 0.05) is 24.0 Å². The largest absolute Gasteiger partial charge is 0.387 e. The van der Waals surface area contributed by atoms with Gasteiger partial charge in [-0.1, -0.05) is 0 Å². The number of carbonyl (C=O) groups is 1. The summed E-state index contributed by atoms with van der Waals surface area (Å²) in [5, 5.41) is 12.7. The molecule has 1 heterocycles. The van der Waals surface area contributed by atoms with Crippen LogP contribution in [0.1, 0.15) is 11.8 Å². The van der Waals surface area contributed by atoms with Crippen LogP contribution in [0.3, 0.4) is 0 Å². The summed E-state index contributed by atoms with van der Waals surface area (Å²) >= 11 is 4.92. The number of likely N-dealkylation sites (N-methyl/N-ethyl adjacent to an activating group) is 1. The van der Waals surface area contributed by atoms with Gasteiger partial charge in [-0.05, 0) is 55.2 Å². The summed E-state index contributed by atoms with van der Waals surface area (Å²) in [4.78, 5) is 14.5. The van der Waals surface area contributed by atoms with E-state index in [1.807, 2.05) is 31.1 Å². The van der Waals surface area contributed by atoms with Crippen molar-refractivity contribution in [2.75, 3.05) is 27.2 Å². The lowest BCUT2D eigenvalue weighted by molar-refractivity contribution is -0.117. The lowest BCUT2D eigenvalue weighted by atomic mass is 10.1. The molecule has 0 bridgehead atoms. The highest BCUT2D eigenvalue weighted by atomic mass is 79.9. The van der Waals surface area contributed by atoms with Crippen molar-refractivity contribution in [2.45, 2.75) is 12.5 Å². The number of carbonyl (C=O) groups excluding carboxylic acids is 1. The Labute approximate surface area is 126 Å². The number of rotatable bonds is 6. The highest BCUT2D eigenvalue weighted by Crippen LogP contribution is 2.22. The van der Waals surface area contributed by atoms with E-state index in [2.05, 4.69) is 21.2 Å². The van der Waals surface area contributed by atoms with Crippen LogP contribution in [0.4, 0.5) is 0 Å². The summed E-state index contributed by atoms with van der Waals surface area (Å²) in [5.41, 5.74) is -0.932. The minimum absolute atomic E-state index is 0.205. The zero-order valence-electron chi connectivity index (χ0n) is 11.3. The van der Waals surface area contributed by atoms with Crippen LogP contribution in [-0.4, -0.2) is 48.7 Å². The third-order valence-electron chi connectivity index (χ3n) is 2.29. The summed E-state index contributed by atoms with van der Waals surface area (Å²) in [6.07, 6.45) is 3.23. The van der Waals surface area contributed by atoms with Crippen LogP contribution in [0.2, 0.25) is 0 Å². The predicted octanol–water partition coefficient (Wildman–Crippen LogP) is 1.95. The smallest absolute Gasteiger partial charge is 0.244 e. The normalized spacial score (nSPS) is 14.8. The fraction of sp³-hybridized carbons (Fsp3) is 0.462. The van der Waals surface area contributed by atoms with Crippen LogP contribution >= 0.6 is 27.3 Å². The molecular formula is C13H19BrN2O2S. The molecule has 1 aromatic heterocycles. The van der Waals surface area contributed by atoms with Crippen LogP contribution in [0.25, 0.3) is 6.08 Å². The Balaban J connectivity index is 2.41. The van der Waals surface area contributed by atoms with E-state index in [4.69, 9.17) is 0 Å². The average molecular weight is 347 g/mol. The van der Waals surface area contributed by atoms with Gasteiger partial charge in [0.05, 0.1) is 9.39 Å². The van der Waals surface area contributed by atoms with E-state index in [0.29, 0.717) is 6.54 Å². The van der Waals surface area contributed by atoms with Crippen molar-refractivity contribution in [1.82, 2.24) is 10.2 Å². The standard InChI is InChI=1S/C13H19BrN2O2S/c1-13(18,9-16(2)3)8-15-12(17)7-5-10-4-6-11(14)19-10/h4-7,18H,8-9H2,1-3H3,(H,15,17)/b7-5+. The first-order valence-electron chi connectivity index (χ1n) is 5.87. The Kier molecular flexibility index (Phi) is 6.19. The number of nitrogens with zero attached hydrogens (tertiary/aromatic N) is 1. The predicted molar refractivity (Wildman–Crippen MR) is 83.2 cm³/mol. The SMILES string of the molecule is CN(C)CC(C)(O)CNC(=O)/C=C/c1ccc(Br)s1. The molecule has 0 fully saturated rings. The molecular weight excluding hydrogens is 328 g/mol. The Hall–Kier alpha value is -0.690. The van der Waals surface area contributed by atoms with E-state index in [1.54, 1.807) is 24.3 Å². The van der Waals surface area contributed by atoms with Gasteiger partial charge >= 0.3 is 0 Å². The maximum absolute atomic E-state index is 11.6. The highest BCUT2D eigenvalue weighted by Gasteiger charge is 2.21. The summed E-state index contributed by atoms with van der Waals surface area (Å²) in [6, 6.07) is 3.87. The molecule has 1 unspecified atom stereocenters. The van der Waals surface area contributed by atoms with E-state index < -0.39 is 5.60 Å². The molecule has 2 N–H and O–H groups in total. The van der Waals surface area contributed by atoms with Crippen molar-refractivity contribution in [1.29, 1.82) is 0 Å². The van der Waals surface area contributed by atoms with Gasteiger partial charge in [0.15, 0.2) is 0 Å². The van der Waals surface area contributed by atoms with Crippen LogP contribution in [0.15, 0.2) is 22.0 Å². The van der Waals surface area contributed by atoms with Gasteiger partial charge in [0.2, 0.25) is 5.91 Å². The number of hydrogen-bond donors (Lipinski definition) is 2. The van der Waals surface area contributed by atoms with Gasteiger partial charge in [-0.25, -0.2) is 0 Å². The summed E-state index contributed by atoms with van der Waals surface area (Å²) in [7, 11) is 3.76. The van der Waals surface area contributed by atoms with E-state index in [-0.39, 0.29) is 12.5 Å². The molecule has 4 nitrogen and oxygen atoms in total. The van der Waals surface area contributed by atoms with Gasteiger partial charge < -0.3 is 15.3 Å². The first kappa shape index (κ1) is 16.4. The number of aliphatic hydroxyl groups is 1. The number of nitrogens with one attached hydrogen (secondary N) is 1. The van der Waals surface area contributed by atoms with Crippen molar-refractivity contribution in [3.63, 3.8) is 0 Å². The Morgan fingerprint density at radius 3 is 2.79 bits per heavy atom. The monoisotopic (exact) mass is 346 g/mol. The number of thiophene rings is 1. The van der Waals surface area contributed by atoms with Crippen molar-refractivity contribution in [2.24, 2.45) is 0 Å². The Bertz CT molecular complexity index is 455. The maximum atomic E-state index is 11.6. The van der Waals surface area contributed by atoms with Crippen LogP contribution in [-0.2, 0) is 4.79 Å². The molecule has 0 aliphatic rings. The van der Waals surface area contributed by atoms with Crippen LogP contribution < -0.4 is 5.32 Å². The van der Waals surface area contributed by atoms with E-state index >= 15 is 0 Å². The second kappa shape index (κ2) is 7.19. The number of amides is 1. The molecule has 1 rings (SSSR count). The van der Waals surface area contributed by atoms with Crippen molar-refractivity contribution in [3.05, 3.63) is 26.9 Å². The van der Waals surface area contributed by atoms with E-state index in [1.165, 1.54) is 6.08 Å². The third kappa shape index (κ3) is 6.87. The number of halogens is 1. The maximum Gasteiger partial charge on any atom is 0.244 e. The van der Waals surface area contributed by atoms with Gasteiger partial charge in [-0.2, -0.15) is 0 Å². The van der Waals surface area contributed by atoms with Gasteiger partial charge in [0.25, 0.3) is 0 Å². The molecule has 19 heavy (non-hydrogen) atoms. The topological polar surface area (TPSA) is 52.6 Å². The summed E-state index contributed by atoms with van der Waals surface area (Å²) < 4.78 is 1.03. The molecule has 1 aromatic rings. The molecule has 0 aromatic carbocycles. The van der Waals surface area contributed by atoms with Gasteiger partial charge in [0.1, 0.15) is 0 Å². The summed E-state index contributed by atoms with van der Waals surface area (Å²) in [6.45, 7) is 2.42. The van der Waals surface area contributed by atoms with Gasteiger partial charge in [-0.15, -0.1) is 11.3 Å². The molecule has 0 aliphatic heterocycles. The molecule has 0 saturated heterocycles. The molecule has 106 valence electrons. The Morgan fingerprint density at radius 2 is 2.26 bits per heavy atom. The molecule has 0 saturated carbocycles. The fourth-order valence-corrected chi connectivity index (χ4v) is 2.98. The molecule has 0 radical (unpaired) electrons. The molecule has 1 amide bonds. The highest BCUT2D eigenvalue weighted by molar-refractivity contribution is 9.11. The lowest BCUT2D eigenvalue weighted by Crippen LogP contribution is -2.46. The van der Waals surface area contributed by atoms with Crippen LogP contribution in [0, 0.1) is 0 Å². The third-order valence-corrected chi connectivity index (χ3v) is 3.88. The lowest BCUT2D eigenvalue weighted by Gasteiger charge is -2.26. The first-order valence-corrected chi connectivity index (χ1v) is 7.48. The molecule has 0 aliphatic carbocycles. The van der Waals surface area contributed by atoms with Crippen molar-refractivity contribution < 1.29 is 9.90 Å². The van der Waals surface area contributed by atoms with Crippen molar-refractivity contribution >= 4 is 39.2 Å². The van der Waals surface area contributed by atoms with Gasteiger partial charge in [-0.3, -0.25) is 4.79 Å². The second-order valence-corrected chi connectivity index (χ2v) is 7.42. The van der Waals surface area contributed by atoms with E-state index in [9.17, 15) is 9.90 Å². The zero-order valence-corrected chi connectivity index (χ0v) is 13.7. The van der Waals surface area contributed by atoms with Crippen LogP contribution in [0.5, 0.6) is 0 Å². The second-order valence-electron chi connectivity index (χ2n) is 4.93. The summed E-state index contributed by atoms with van der Waals surface area (Å²) in [5.74, 6) is -0.205. The average Bonchev–Trinajstić information content (AvgIpc) is 2.68. The fourth-order valence-electron chi connectivity index (χ4n) is 1.65. The molecule has 1 atom stereocenters. The molecule has 0 spiro atoms. The van der Waals surface area contributed by atoms with Crippen molar-refractivity contribution in [3.8, 4) is 0 Å². The minimum Gasteiger partial charge on any atom is -0.387 e. The first-order chi connectivity index (χ1) is 8.78. The number of hydrogen-bond acceptors (Lipinski definition) is 4. The quantitative estimate of drug-likeness (QED) is 0.774. The Morgan fingerprint density at radius 1 is 1.58 bits per heavy atom. The van der Waals surface area contributed by atoms with E-state index in [0.717, 1.165) is 8.66 Å². The minimum atomic E-state index is -0.932.